The zero-order chi connectivity index (χ0) is 19.7. The van der Waals surface area contributed by atoms with E-state index in [1.165, 1.54) is 0 Å². The van der Waals surface area contributed by atoms with Crippen LogP contribution in [0.25, 0.3) is 11.1 Å². The topological polar surface area (TPSA) is 58.4 Å². The molecule has 28 heavy (non-hydrogen) atoms. The number of carbonyl (C=O) groups excluding carboxylic acids is 1. The summed E-state index contributed by atoms with van der Waals surface area (Å²) in [6.45, 7) is 1.89. The number of hydrogen-bond donors (Lipinski definition) is 1. The number of amides is 1. The molecule has 1 N–H and O–H groups in total. The summed E-state index contributed by atoms with van der Waals surface area (Å²) in [5.41, 5.74) is 2.06. The Morgan fingerprint density at radius 1 is 1.18 bits per heavy atom. The first kappa shape index (κ1) is 19.5. The van der Waals surface area contributed by atoms with Crippen molar-refractivity contribution in [1.29, 1.82) is 0 Å². The van der Waals surface area contributed by atoms with Crippen LogP contribution in [0.1, 0.15) is 24.7 Å². The molecule has 0 aliphatic carbocycles. The van der Waals surface area contributed by atoms with Crippen molar-refractivity contribution in [3.05, 3.63) is 57.4 Å². The van der Waals surface area contributed by atoms with E-state index in [9.17, 15) is 4.79 Å². The summed E-state index contributed by atoms with van der Waals surface area (Å²) in [6, 6.07) is 10.6. The number of nitrogens with zero attached hydrogens (tertiary/aromatic N) is 2. The number of aromatic nitrogens is 1. The van der Waals surface area contributed by atoms with Crippen LogP contribution < -0.4 is 5.32 Å². The van der Waals surface area contributed by atoms with E-state index in [0.29, 0.717) is 27.3 Å². The predicted molar refractivity (Wildman–Crippen MR) is 113 cm³/mol. The molecule has 0 atom stereocenters. The highest BCUT2D eigenvalue weighted by Gasteiger charge is 2.26. The highest BCUT2D eigenvalue weighted by Crippen LogP contribution is 2.31. The van der Waals surface area contributed by atoms with Crippen LogP contribution in [0.2, 0.25) is 15.1 Å². The molecule has 0 bridgehead atoms. The third kappa shape index (κ3) is 4.28. The number of rotatable bonds is 4. The maximum absolute atomic E-state index is 12.3. The molecule has 5 nitrogen and oxygen atoms in total. The number of piperidine rings is 1. The molecule has 1 saturated heterocycles. The van der Waals surface area contributed by atoms with Crippen LogP contribution >= 0.6 is 34.8 Å². The van der Waals surface area contributed by atoms with Crippen molar-refractivity contribution in [2.24, 2.45) is 0 Å². The fourth-order valence-electron chi connectivity index (χ4n) is 3.42. The SMILES string of the molecule is O=C(CN1CCC(c2nc3cc(Cl)ccc3o2)CC1)Nc1cccc(Cl)c1Cl. The number of anilines is 1. The van der Waals surface area contributed by atoms with Gasteiger partial charge in [-0.2, -0.15) is 0 Å². The van der Waals surface area contributed by atoms with Crippen LogP contribution in [-0.4, -0.2) is 35.4 Å². The van der Waals surface area contributed by atoms with Gasteiger partial charge in [-0.3, -0.25) is 9.69 Å². The Hall–Kier alpha value is -1.79. The molecule has 2 heterocycles. The molecule has 4 rings (SSSR count). The average Bonchev–Trinajstić information content (AvgIpc) is 3.09. The number of hydrogen-bond acceptors (Lipinski definition) is 4. The Morgan fingerprint density at radius 2 is 1.96 bits per heavy atom. The van der Waals surface area contributed by atoms with E-state index in [0.717, 1.165) is 42.9 Å². The quantitative estimate of drug-likeness (QED) is 0.575. The molecular weight excluding hydrogens is 421 g/mol. The molecule has 146 valence electrons. The van der Waals surface area contributed by atoms with Gasteiger partial charge in [-0.1, -0.05) is 40.9 Å². The molecule has 8 heteroatoms. The summed E-state index contributed by atoms with van der Waals surface area (Å²) in [5, 5.41) is 4.24. The number of benzene rings is 2. The second kappa shape index (κ2) is 8.29. The fraction of sp³-hybridized carbons (Fsp3) is 0.300. The first-order valence-corrected chi connectivity index (χ1v) is 10.1. The summed E-state index contributed by atoms with van der Waals surface area (Å²) in [7, 11) is 0. The summed E-state index contributed by atoms with van der Waals surface area (Å²) in [6.07, 6.45) is 1.76. The second-order valence-corrected chi connectivity index (χ2v) is 8.09. The minimum Gasteiger partial charge on any atom is -0.440 e. The summed E-state index contributed by atoms with van der Waals surface area (Å²) in [4.78, 5) is 19.0. The van der Waals surface area contributed by atoms with Gasteiger partial charge in [0.25, 0.3) is 0 Å². The van der Waals surface area contributed by atoms with Gasteiger partial charge >= 0.3 is 0 Å². The van der Waals surface area contributed by atoms with Crippen molar-refractivity contribution in [2.75, 3.05) is 25.0 Å². The molecule has 0 spiro atoms. The van der Waals surface area contributed by atoms with Crippen molar-refractivity contribution < 1.29 is 9.21 Å². The monoisotopic (exact) mass is 437 g/mol. The molecule has 0 saturated carbocycles. The van der Waals surface area contributed by atoms with E-state index in [1.807, 2.05) is 12.1 Å². The molecule has 0 unspecified atom stereocenters. The summed E-state index contributed by atoms with van der Waals surface area (Å²) < 4.78 is 5.89. The number of halogens is 3. The van der Waals surface area contributed by atoms with Gasteiger partial charge in [-0.15, -0.1) is 0 Å². The van der Waals surface area contributed by atoms with E-state index in [1.54, 1.807) is 24.3 Å². The van der Waals surface area contributed by atoms with Crippen LogP contribution in [0.4, 0.5) is 5.69 Å². The minimum absolute atomic E-state index is 0.112. The van der Waals surface area contributed by atoms with E-state index in [2.05, 4.69) is 15.2 Å². The van der Waals surface area contributed by atoms with Crippen molar-refractivity contribution in [1.82, 2.24) is 9.88 Å². The maximum Gasteiger partial charge on any atom is 0.238 e. The first-order chi connectivity index (χ1) is 13.5. The molecule has 1 amide bonds. The lowest BCUT2D eigenvalue weighted by Crippen LogP contribution is -2.38. The van der Waals surface area contributed by atoms with Crippen LogP contribution in [0, 0.1) is 0 Å². The Kier molecular flexibility index (Phi) is 5.78. The van der Waals surface area contributed by atoms with E-state index in [-0.39, 0.29) is 11.8 Å². The van der Waals surface area contributed by atoms with Gasteiger partial charge in [-0.25, -0.2) is 4.98 Å². The zero-order valence-electron chi connectivity index (χ0n) is 14.9. The van der Waals surface area contributed by atoms with Crippen molar-refractivity contribution in [3.63, 3.8) is 0 Å². The Balaban J connectivity index is 1.33. The standard InChI is InChI=1S/C20H18Cl3N3O2/c21-13-4-5-17-16(10-13)25-20(28-17)12-6-8-26(9-7-12)11-18(27)24-15-3-1-2-14(22)19(15)23/h1-5,10,12H,6-9,11H2,(H,24,27). The summed E-state index contributed by atoms with van der Waals surface area (Å²) in [5.74, 6) is 0.874. The molecule has 3 aromatic rings. The van der Waals surface area contributed by atoms with E-state index in [4.69, 9.17) is 39.2 Å². The molecular formula is C20H18Cl3N3O2. The number of carbonyl (C=O) groups is 1. The number of fused-ring (bicyclic) bond motifs is 1. The van der Waals surface area contributed by atoms with Gasteiger partial charge in [0, 0.05) is 10.9 Å². The van der Waals surface area contributed by atoms with E-state index < -0.39 is 0 Å². The van der Waals surface area contributed by atoms with Gasteiger partial charge in [-0.05, 0) is 56.3 Å². The Bertz CT molecular complexity index is 1010. The van der Waals surface area contributed by atoms with Gasteiger partial charge in [0.15, 0.2) is 11.5 Å². The first-order valence-electron chi connectivity index (χ1n) is 9.02. The van der Waals surface area contributed by atoms with Crippen molar-refractivity contribution in [2.45, 2.75) is 18.8 Å². The maximum atomic E-state index is 12.3. The predicted octanol–water partition coefficient (Wildman–Crippen LogP) is 5.61. The smallest absolute Gasteiger partial charge is 0.238 e. The normalized spacial score (nSPS) is 15.8. The minimum atomic E-state index is -0.112. The average molecular weight is 439 g/mol. The zero-order valence-corrected chi connectivity index (χ0v) is 17.2. The number of nitrogens with one attached hydrogen (secondary N) is 1. The second-order valence-electron chi connectivity index (χ2n) is 6.86. The Labute approximate surface area is 177 Å². The van der Waals surface area contributed by atoms with Gasteiger partial charge in [0.05, 0.1) is 22.3 Å². The molecule has 1 aliphatic rings. The van der Waals surface area contributed by atoms with E-state index >= 15 is 0 Å². The van der Waals surface area contributed by atoms with Gasteiger partial charge < -0.3 is 9.73 Å². The largest absolute Gasteiger partial charge is 0.440 e. The number of oxazole rings is 1. The molecule has 2 aromatic carbocycles. The molecule has 0 radical (unpaired) electrons. The molecule has 1 aromatic heterocycles. The van der Waals surface area contributed by atoms with Crippen molar-refractivity contribution >= 4 is 57.5 Å². The lowest BCUT2D eigenvalue weighted by atomic mass is 9.97. The van der Waals surface area contributed by atoms with Crippen LogP contribution in [0.5, 0.6) is 0 Å². The van der Waals surface area contributed by atoms with Gasteiger partial charge in [0.2, 0.25) is 5.91 Å². The third-order valence-electron chi connectivity index (χ3n) is 4.90. The van der Waals surface area contributed by atoms with Crippen LogP contribution in [0.15, 0.2) is 40.8 Å². The van der Waals surface area contributed by atoms with Crippen molar-refractivity contribution in [3.8, 4) is 0 Å². The molecule has 1 aliphatic heterocycles. The molecule has 1 fully saturated rings. The summed E-state index contributed by atoms with van der Waals surface area (Å²) >= 11 is 18.1. The van der Waals surface area contributed by atoms with Crippen LogP contribution in [-0.2, 0) is 4.79 Å². The van der Waals surface area contributed by atoms with Gasteiger partial charge in [0.1, 0.15) is 5.52 Å². The number of likely N-dealkylation sites (tertiary alicyclic amines) is 1. The van der Waals surface area contributed by atoms with Crippen LogP contribution in [0.3, 0.4) is 0 Å². The highest BCUT2D eigenvalue weighted by atomic mass is 35.5. The fourth-order valence-corrected chi connectivity index (χ4v) is 3.94. The lowest BCUT2D eigenvalue weighted by molar-refractivity contribution is -0.117. The Morgan fingerprint density at radius 3 is 2.75 bits per heavy atom. The highest BCUT2D eigenvalue weighted by molar-refractivity contribution is 6.44. The lowest BCUT2D eigenvalue weighted by Gasteiger charge is -2.29. The third-order valence-corrected chi connectivity index (χ3v) is 5.95.